The van der Waals surface area contributed by atoms with Gasteiger partial charge in [-0.15, -0.1) is 0 Å². The monoisotopic (exact) mass is 313 g/mol. The molecule has 0 saturated heterocycles. The zero-order chi connectivity index (χ0) is 16.0. The molecule has 2 N–H and O–H groups in total. The van der Waals surface area contributed by atoms with Crippen molar-refractivity contribution in [2.45, 2.75) is 25.2 Å². The maximum atomic E-state index is 11.7. The summed E-state index contributed by atoms with van der Waals surface area (Å²) < 4.78 is 31.0. The number of hydrogen-bond acceptors (Lipinski definition) is 4. The maximum Gasteiger partial charge on any atom is 0.335 e. The lowest BCUT2D eigenvalue weighted by Crippen LogP contribution is -2.18. The standard InChI is InChI=1S/C14H19NO5S/c1-4-12(14(16)17)13(20-5-2)10-6-8-11(9-7-10)21(18,19)15-3/h6-9,15H,4-5H2,1-3H3,(H,16,17). The number of carboxylic acids is 1. The van der Waals surface area contributed by atoms with Crippen molar-refractivity contribution in [3.63, 3.8) is 0 Å². The zero-order valence-corrected chi connectivity index (χ0v) is 13.0. The average Bonchev–Trinajstić information content (AvgIpc) is 2.47. The number of benzene rings is 1. The highest BCUT2D eigenvalue weighted by Crippen LogP contribution is 2.24. The molecule has 0 heterocycles. The van der Waals surface area contributed by atoms with Crippen LogP contribution in [0.4, 0.5) is 0 Å². The van der Waals surface area contributed by atoms with Crippen LogP contribution in [-0.2, 0) is 19.6 Å². The molecule has 6 nitrogen and oxygen atoms in total. The van der Waals surface area contributed by atoms with Gasteiger partial charge in [0.2, 0.25) is 10.0 Å². The fourth-order valence-electron chi connectivity index (χ4n) is 1.80. The van der Waals surface area contributed by atoms with Gasteiger partial charge in [-0.3, -0.25) is 0 Å². The second-order valence-electron chi connectivity index (χ2n) is 4.13. The first-order chi connectivity index (χ1) is 9.87. The third-order valence-electron chi connectivity index (χ3n) is 2.87. The van der Waals surface area contributed by atoms with Crippen molar-refractivity contribution in [2.75, 3.05) is 13.7 Å². The molecule has 1 aromatic carbocycles. The van der Waals surface area contributed by atoms with Crippen LogP contribution in [0.25, 0.3) is 5.76 Å². The van der Waals surface area contributed by atoms with E-state index in [-0.39, 0.29) is 16.2 Å². The van der Waals surface area contributed by atoms with Crippen molar-refractivity contribution in [3.05, 3.63) is 35.4 Å². The molecule has 1 aromatic rings. The molecule has 0 bridgehead atoms. The zero-order valence-electron chi connectivity index (χ0n) is 12.2. The fourth-order valence-corrected chi connectivity index (χ4v) is 2.53. The van der Waals surface area contributed by atoms with E-state index >= 15 is 0 Å². The Morgan fingerprint density at radius 3 is 2.19 bits per heavy atom. The first-order valence-electron chi connectivity index (χ1n) is 6.50. The van der Waals surface area contributed by atoms with Crippen molar-refractivity contribution in [1.82, 2.24) is 4.72 Å². The molecule has 116 valence electrons. The van der Waals surface area contributed by atoms with Crippen LogP contribution in [0, 0.1) is 0 Å². The van der Waals surface area contributed by atoms with Crippen LogP contribution >= 0.6 is 0 Å². The minimum absolute atomic E-state index is 0.109. The first kappa shape index (κ1) is 17.2. The summed E-state index contributed by atoms with van der Waals surface area (Å²) in [5, 5.41) is 9.21. The third-order valence-corrected chi connectivity index (χ3v) is 4.30. The van der Waals surface area contributed by atoms with E-state index < -0.39 is 16.0 Å². The minimum Gasteiger partial charge on any atom is -0.493 e. The van der Waals surface area contributed by atoms with Crippen molar-refractivity contribution in [3.8, 4) is 0 Å². The molecule has 0 aromatic heterocycles. The molecule has 0 unspecified atom stereocenters. The van der Waals surface area contributed by atoms with Crippen LogP contribution in [0.3, 0.4) is 0 Å². The Morgan fingerprint density at radius 1 is 1.24 bits per heavy atom. The largest absolute Gasteiger partial charge is 0.493 e. The van der Waals surface area contributed by atoms with Crippen molar-refractivity contribution < 1.29 is 23.1 Å². The Balaban J connectivity index is 3.33. The summed E-state index contributed by atoms with van der Waals surface area (Å²) in [7, 11) is -2.19. The number of ether oxygens (including phenoxy) is 1. The fraction of sp³-hybridized carbons (Fsp3) is 0.357. The van der Waals surface area contributed by atoms with Gasteiger partial charge in [-0.2, -0.15) is 0 Å². The SMILES string of the molecule is CCOC(=C(CC)C(=O)O)c1ccc(S(=O)(=O)NC)cc1. The van der Waals surface area contributed by atoms with Crippen molar-refractivity contribution >= 4 is 21.8 Å². The lowest BCUT2D eigenvalue weighted by atomic mass is 10.1. The smallest absolute Gasteiger partial charge is 0.335 e. The summed E-state index contributed by atoms with van der Waals surface area (Å²) >= 11 is 0. The molecule has 0 radical (unpaired) electrons. The molecule has 0 fully saturated rings. The molecular weight excluding hydrogens is 294 g/mol. The number of sulfonamides is 1. The van der Waals surface area contributed by atoms with Gasteiger partial charge in [0.1, 0.15) is 5.76 Å². The molecule has 1 rings (SSSR count). The van der Waals surface area contributed by atoms with E-state index in [1.165, 1.54) is 31.3 Å². The van der Waals surface area contributed by atoms with Gasteiger partial charge in [0.05, 0.1) is 17.1 Å². The van der Waals surface area contributed by atoms with E-state index in [1.54, 1.807) is 13.8 Å². The van der Waals surface area contributed by atoms with Gasteiger partial charge >= 0.3 is 5.97 Å². The van der Waals surface area contributed by atoms with Gasteiger partial charge in [0.15, 0.2) is 0 Å². The predicted octanol–water partition coefficient (Wildman–Crippen LogP) is 1.84. The van der Waals surface area contributed by atoms with Gasteiger partial charge in [0.25, 0.3) is 0 Å². The van der Waals surface area contributed by atoms with E-state index in [0.29, 0.717) is 18.6 Å². The van der Waals surface area contributed by atoms with Crippen LogP contribution in [0.5, 0.6) is 0 Å². The minimum atomic E-state index is -3.52. The topological polar surface area (TPSA) is 92.7 Å². The number of aliphatic carboxylic acids is 1. The van der Waals surface area contributed by atoms with E-state index in [2.05, 4.69) is 4.72 Å². The van der Waals surface area contributed by atoms with Gasteiger partial charge in [0, 0.05) is 5.56 Å². The number of carbonyl (C=O) groups is 1. The third kappa shape index (κ3) is 4.05. The van der Waals surface area contributed by atoms with E-state index in [9.17, 15) is 18.3 Å². The summed E-state index contributed by atoms with van der Waals surface area (Å²) in [6, 6.07) is 5.90. The molecular formula is C14H19NO5S. The lowest BCUT2D eigenvalue weighted by molar-refractivity contribution is -0.132. The Bertz CT molecular complexity index is 632. The number of hydrogen-bond donors (Lipinski definition) is 2. The van der Waals surface area contributed by atoms with Gasteiger partial charge < -0.3 is 9.84 Å². The van der Waals surface area contributed by atoms with E-state index in [4.69, 9.17) is 4.74 Å². The van der Waals surface area contributed by atoms with Gasteiger partial charge in [-0.1, -0.05) is 6.92 Å². The second-order valence-corrected chi connectivity index (χ2v) is 6.02. The summed E-state index contributed by atoms with van der Waals surface area (Å²) in [6.07, 6.45) is 0.307. The van der Waals surface area contributed by atoms with Crippen molar-refractivity contribution in [2.24, 2.45) is 0 Å². The molecule has 0 aliphatic carbocycles. The summed E-state index contributed by atoms with van der Waals surface area (Å²) in [4.78, 5) is 11.4. The molecule has 0 saturated carbocycles. The summed E-state index contributed by atoms with van der Waals surface area (Å²) in [6.45, 7) is 3.81. The van der Waals surface area contributed by atoms with E-state index in [0.717, 1.165) is 0 Å². The van der Waals surface area contributed by atoms with Crippen LogP contribution in [0.1, 0.15) is 25.8 Å². The summed E-state index contributed by atoms with van der Waals surface area (Å²) in [5.74, 6) is -0.784. The average molecular weight is 313 g/mol. The lowest BCUT2D eigenvalue weighted by Gasteiger charge is -2.13. The molecule has 0 aliphatic heterocycles. The van der Waals surface area contributed by atoms with Crippen LogP contribution in [0.2, 0.25) is 0 Å². The number of carboxylic acid groups (broad SMARTS) is 1. The van der Waals surface area contributed by atoms with Crippen LogP contribution < -0.4 is 4.72 Å². The van der Waals surface area contributed by atoms with Crippen LogP contribution in [0.15, 0.2) is 34.7 Å². The second kappa shape index (κ2) is 7.24. The molecule has 0 atom stereocenters. The normalized spacial score (nSPS) is 12.7. The molecule has 7 heteroatoms. The Hall–Kier alpha value is -1.86. The molecule has 0 spiro atoms. The number of nitrogens with one attached hydrogen (secondary N) is 1. The highest BCUT2D eigenvalue weighted by molar-refractivity contribution is 7.89. The highest BCUT2D eigenvalue weighted by atomic mass is 32.2. The molecule has 21 heavy (non-hydrogen) atoms. The van der Waals surface area contributed by atoms with Gasteiger partial charge in [-0.05, 0) is 44.7 Å². The van der Waals surface area contributed by atoms with Crippen molar-refractivity contribution in [1.29, 1.82) is 0 Å². The molecule has 0 aliphatic rings. The Morgan fingerprint density at radius 2 is 1.81 bits per heavy atom. The highest BCUT2D eigenvalue weighted by Gasteiger charge is 2.17. The first-order valence-corrected chi connectivity index (χ1v) is 7.98. The van der Waals surface area contributed by atoms with E-state index in [1.807, 2.05) is 0 Å². The molecule has 0 amide bonds. The predicted molar refractivity (Wildman–Crippen MR) is 79.2 cm³/mol. The summed E-state index contributed by atoms with van der Waals surface area (Å²) in [5.41, 5.74) is 0.687. The quantitative estimate of drug-likeness (QED) is 0.592. The Labute approximate surface area is 124 Å². The Kier molecular flexibility index (Phi) is 5.92. The number of rotatable bonds is 7. The van der Waals surface area contributed by atoms with Crippen LogP contribution in [-0.4, -0.2) is 33.1 Å². The van der Waals surface area contributed by atoms with Gasteiger partial charge in [-0.25, -0.2) is 17.9 Å². The maximum absolute atomic E-state index is 11.7.